The number of aromatic hydroxyl groups is 2. The van der Waals surface area contributed by atoms with Crippen LogP contribution in [0.2, 0.25) is 0 Å². The molecule has 164 valence electrons. The first-order valence-corrected chi connectivity index (χ1v) is 10.5. The summed E-state index contributed by atoms with van der Waals surface area (Å²) >= 11 is 0. The van der Waals surface area contributed by atoms with Gasteiger partial charge in [0.1, 0.15) is 11.5 Å². The molecule has 2 aromatic rings. The molecule has 2 atom stereocenters. The first-order valence-electron chi connectivity index (χ1n) is 10.5. The highest BCUT2D eigenvalue weighted by Crippen LogP contribution is 2.32. The largest absolute Gasteiger partial charge is 0.508 e. The van der Waals surface area contributed by atoms with Crippen LogP contribution in [0.4, 0.5) is 0 Å². The van der Waals surface area contributed by atoms with Crippen molar-refractivity contribution < 1.29 is 10.2 Å². The second-order valence-corrected chi connectivity index (χ2v) is 7.73. The Morgan fingerprint density at radius 3 is 2.67 bits per heavy atom. The van der Waals surface area contributed by atoms with Gasteiger partial charge in [-0.05, 0) is 63.9 Å². The van der Waals surface area contributed by atoms with Crippen molar-refractivity contribution in [2.45, 2.75) is 53.0 Å². The van der Waals surface area contributed by atoms with Gasteiger partial charge >= 0.3 is 5.69 Å². The van der Waals surface area contributed by atoms with Crippen LogP contribution in [0.15, 0.2) is 40.3 Å². The molecule has 1 aromatic heterocycles. The lowest BCUT2D eigenvalue weighted by molar-refractivity contribution is 0.434. The zero-order valence-electron chi connectivity index (χ0n) is 18.4. The van der Waals surface area contributed by atoms with E-state index in [1.807, 2.05) is 6.92 Å². The van der Waals surface area contributed by atoms with Gasteiger partial charge in [-0.2, -0.15) is 0 Å². The van der Waals surface area contributed by atoms with Crippen molar-refractivity contribution in [2.75, 3.05) is 13.1 Å². The van der Waals surface area contributed by atoms with E-state index >= 15 is 0 Å². The van der Waals surface area contributed by atoms with E-state index in [4.69, 9.17) is 0 Å². The molecule has 3 rings (SSSR count). The predicted molar refractivity (Wildman–Crippen MR) is 122 cm³/mol. The maximum absolute atomic E-state index is 12.4. The SMILES string of the molecule is C=C(C)N=Cc1[nH]c(=O)n([C@H](CC)c2cc(O)ccc2O)c1C.CC[C@@H]1CCNC1. The number of nitrogens with zero attached hydrogens (tertiary/aromatic N) is 2. The minimum atomic E-state index is -0.391. The van der Waals surface area contributed by atoms with Crippen LogP contribution in [0.25, 0.3) is 0 Å². The van der Waals surface area contributed by atoms with Crippen molar-refractivity contribution >= 4 is 6.21 Å². The molecular weight excluding hydrogens is 380 g/mol. The van der Waals surface area contributed by atoms with Crippen molar-refractivity contribution in [2.24, 2.45) is 10.9 Å². The molecule has 7 nitrogen and oxygen atoms in total. The average molecular weight is 415 g/mol. The molecule has 30 heavy (non-hydrogen) atoms. The second-order valence-electron chi connectivity index (χ2n) is 7.73. The zero-order valence-corrected chi connectivity index (χ0v) is 18.4. The molecule has 0 spiro atoms. The lowest BCUT2D eigenvalue weighted by atomic mass is 10.0. The number of H-pyrrole nitrogens is 1. The number of aromatic amines is 1. The average Bonchev–Trinajstić information content (AvgIpc) is 3.33. The fourth-order valence-corrected chi connectivity index (χ4v) is 3.64. The minimum absolute atomic E-state index is 0.0410. The Hall–Kier alpha value is -2.80. The number of rotatable bonds is 6. The summed E-state index contributed by atoms with van der Waals surface area (Å²) in [5.74, 6) is 1.07. The molecule has 2 heterocycles. The predicted octanol–water partition coefficient (Wildman–Crippen LogP) is 3.85. The van der Waals surface area contributed by atoms with Crippen LogP contribution in [0.3, 0.4) is 0 Å². The Kier molecular flexibility index (Phi) is 8.47. The molecule has 1 aliphatic heterocycles. The van der Waals surface area contributed by atoms with Gasteiger partial charge in [-0.3, -0.25) is 9.56 Å². The van der Waals surface area contributed by atoms with Gasteiger partial charge in [0, 0.05) is 17.0 Å². The molecule has 7 heteroatoms. The number of nitrogens with one attached hydrogen (secondary N) is 2. The minimum Gasteiger partial charge on any atom is -0.508 e. The summed E-state index contributed by atoms with van der Waals surface area (Å²) in [5.41, 5.74) is 2.14. The first kappa shape index (κ1) is 23.5. The Bertz CT molecular complexity index is 936. The van der Waals surface area contributed by atoms with Crippen molar-refractivity contribution in [1.82, 2.24) is 14.9 Å². The summed E-state index contributed by atoms with van der Waals surface area (Å²) < 4.78 is 1.56. The standard InChI is InChI=1S/C17H21N3O3.C6H13N/c1-5-15(13-8-12(21)6-7-16(13)22)20-11(4)14(19-17(20)23)9-18-10(2)3;1-2-6-3-4-7-5-6/h6-9,15,21-22H,2,5H2,1,3-4H3,(H,19,23);6-7H,2-5H2,1H3/t15-;6-/m11/s1. The van der Waals surface area contributed by atoms with Crippen LogP contribution in [-0.2, 0) is 0 Å². The van der Waals surface area contributed by atoms with Gasteiger partial charge in [0.25, 0.3) is 0 Å². The molecule has 0 amide bonds. The van der Waals surface area contributed by atoms with Gasteiger partial charge in [0.2, 0.25) is 0 Å². The lowest BCUT2D eigenvalue weighted by Crippen LogP contribution is -2.24. The number of aliphatic imine (C=N–C) groups is 1. The summed E-state index contributed by atoms with van der Waals surface area (Å²) in [4.78, 5) is 19.2. The fourth-order valence-electron chi connectivity index (χ4n) is 3.64. The summed E-state index contributed by atoms with van der Waals surface area (Å²) in [6, 6.07) is 3.91. The van der Waals surface area contributed by atoms with E-state index < -0.39 is 6.04 Å². The molecule has 1 fully saturated rings. The summed E-state index contributed by atoms with van der Waals surface area (Å²) in [6.45, 7) is 13.9. The number of phenols is 2. The highest BCUT2D eigenvalue weighted by Gasteiger charge is 2.21. The number of imidazole rings is 1. The molecule has 0 radical (unpaired) electrons. The van der Waals surface area contributed by atoms with Gasteiger partial charge in [0.05, 0.1) is 18.0 Å². The third-order valence-electron chi connectivity index (χ3n) is 5.43. The highest BCUT2D eigenvalue weighted by molar-refractivity contribution is 5.79. The van der Waals surface area contributed by atoms with Crippen LogP contribution >= 0.6 is 0 Å². The van der Waals surface area contributed by atoms with Gasteiger partial charge in [-0.1, -0.05) is 26.8 Å². The molecule has 0 bridgehead atoms. The highest BCUT2D eigenvalue weighted by atomic mass is 16.3. The van der Waals surface area contributed by atoms with Crippen LogP contribution in [-0.4, -0.2) is 39.1 Å². The van der Waals surface area contributed by atoms with Gasteiger partial charge in [0.15, 0.2) is 0 Å². The smallest absolute Gasteiger partial charge is 0.326 e. The van der Waals surface area contributed by atoms with Crippen LogP contribution < -0.4 is 11.0 Å². The number of phenolic OH excluding ortho intramolecular Hbond substituents is 2. The molecule has 1 saturated heterocycles. The monoisotopic (exact) mass is 414 g/mol. The van der Waals surface area contributed by atoms with Gasteiger partial charge in [-0.25, -0.2) is 4.79 Å². The Labute approximate surface area is 178 Å². The van der Waals surface area contributed by atoms with E-state index in [-0.39, 0.29) is 17.2 Å². The van der Waals surface area contributed by atoms with Crippen molar-refractivity contribution in [3.05, 3.63) is 57.9 Å². The normalized spacial score (nSPS) is 17.0. The van der Waals surface area contributed by atoms with E-state index in [0.29, 0.717) is 29.1 Å². The third-order valence-corrected chi connectivity index (χ3v) is 5.43. The molecule has 1 aliphatic rings. The topological polar surface area (TPSA) is 103 Å². The Morgan fingerprint density at radius 2 is 2.13 bits per heavy atom. The fraction of sp³-hybridized carbons (Fsp3) is 0.478. The van der Waals surface area contributed by atoms with E-state index in [1.54, 1.807) is 24.6 Å². The second kappa shape index (κ2) is 10.8. The number of hydrogen-bond acceptors (Lipinski definition) is 5. The van der Waals surface area contributed by atoms with Gasteiger partial charge in [-0.15, -0.1) is 0 Å². The molecule has 1 aromatic carbocycles. The van der Waals surface area contributed by atoms with Crippen LogP contribution in [0.1, 0.15) is 63.0 Å². The van der Waals surface area contributed by atoms with Crippen LogP contribution in [0, 0.1) is 12.8 Å². The van der Waals surface area contributed by atoms with Crippen molar-refractivity contribution in [3.8, 4) is 11.5 Å². The lowest BCUT2D eigenvalue weighted by Gasteiger charge is -2.19. The number of benzene rings is 1. The van der Waals surface area contributed by atoms with E-state index in [0.717, 1.165) is 5.92 Å². The van der Waals surface area contributed by atoms with Gasteiger partial charge < -0.3 is 20.5 Å². The van der Waals surface area contributed by atoms with E-state index in [2.05, 4.69) is 28.8 Å². The Morgan fingerprint density at radius 1 is 1.40 bits per heavy atom. The van der Waals surface area contributed by atoms with Crippen molar-refractivity contribution in [1.29, 1.82) is 0 Å². The summed E-state index contributed by atoms with van der Waals surface area (Å²) in [7, 11) is 0. The molecule has 0 aliphatic carbocycles. The molecule has 4 N–H and O–H groups in total. The summed E-state index contributed by atoms with van der Waals surface area (Å²) in [5, 5.41) is 23.1. The van der Waals surface area contributed by atoms with E-state index in [9.17, 15) is 15.0 Å². The maximum atomic E-state index is 12.4. The molecular formula is C23H34N4O3. The summed E-state index contributed by atoms with van der Waals surface area (Å²) in [6.07, 6.45) is 4.89. The quantitative estimate of drug-likeness (QED) is 0.426. The third kappa shape index (κ3) is 5.86. The Balaban J connectivity index is 0.000000386. The van der Waals surface area contributed by atoms with Crippen molar-refractivity contribution in [3.63, 3.8) is 0 Å². The molecule has 0 saturated carbocycles. The number of allylic oxidation sites excluding steroid dienone is 1. The number of aromatic nitrogens is 2. The van der Waals surface area contributed by atoms with Crippen LogP contribution in [0.5, 0.6) is 11.5 Å². The zero-order chi connectivity index (χ0) is 22.3. The van der Waals surface area contributed by atoms with E-state index in [1.165, 1.54) is 44.1 Å². The maximum Gasteiger partial charge on any atom is 0.326 e. The first-order chi connectivity index (χ1) is 14.3. The molecule has 0 unspecified atom stereocenters. The number of hydrogen-bond donors (Lipinski definition) is 4.